The molecule has 2 heterocycles. The number of methoxy groups -OCH3 is 1. The van der Waals surface area contributed by atoms with Gasteiger partial charge in [-0.25, -0.2) is 4.79 Å². The van der Waals surface area contributed by atoms with Crippen LogP contribution in [0.25, 0.3) is 33.3 Å². The predicted molar refractivity (Wildman–Crippen MR) is 140 cm³/mol. The third-order valence-electron chi connectivity index (χ3n) is 5.87. The van der Waals surface area contributed by atoms with Crippen LogP contribution in [0.15, 0.2) is 86.4 Å². The molecule has 0 aliphatic rings. The van der Waals surface area contributed by atoms with Gasteiger partial charge in [0.1, 0.15) is 16.9 Å². The largest absolute Gasteiger partial charge is 0.467 e. The van der Waals surface area contributed by atoms with Gasteiger partial charge in [-0.15, -0.1) is 0 Å². The number of carbonyl (C=O) groups is 1. The van der Waals surface area contributed by atoms with Crippen molar-refractivity contribution in [3.63, 3.8) is 0 Å². The van der Waals surface area contributed by atoms with E-state index < -0.39 is 5.63 Å². The van der Waals surface area contributed by atoms with E-state index >= 15 is 0 Å². The van der Waals surface area contributed by atoms with Crippen LogP contribution in [0.5, 0.6) is 5.75 Å². The summed E-state index contributed by atoms with van der Waals surface area (Å²) in [6.45, 7) is 2.76. The van der Waals surface area contributed by atoms with Gasteiger partial charge in [0.25, 0.3) is 5.91 Å². The first-order valence-electron chi connectivity index (χ1n) is 11.7. The molecule has 5 rings (SSSR count). The lowest BCUT2D eigenvalue weighted by Crippen LogP contribution is -2.12. The molecule has 8 nitrogen and oxygen atoms in total. The maximum absolute atomic E-state index is 13.1. The SMILES string of the molecule is COCCOCOc1cc(C)c2c(-c3oc4ccccc4c3NC(=O)c3ccccc3)cc(=O)oc2c1. The summed E-state index contributed by atoms with van der Waals surface area (Å²) in [5, 5.41) is 4.38. The lowest BCUT2D eigenvalue weighted by Gasteiger charge is -2.12. The van der Waals surface area contributed by atoms with Crippen molar-refractivity contribution >= 4 is 33.5 Å². The Labute approximate surface area is 212 Å². The molecule has 1 N–H and O–H groups in total. The first-order chi connectivity index (χ1) is 18.0. The van der Waals surface area contributed by atoms with E-state index in [4.69, 9.17) is 23.0 Å². The van der Waals surface area contributed by atoms with Crippen LogP contribution in [0.1, 0.15) is 15.9 Å². The molecule has 3 aromatic carbocycles. The zero-order chi connectivity index (χ0) is 25.8. The number of carbonyl (C=O) groups excluding carboxylic acids is 1. The van der Waals surface area contributed by atoms with Crippen molar-refractivity contribution < 1.29 is 27.8 Å². The maximum atomic E-state index is 13.1. The van der Waals surface area contributed by atoms with Gasteiger partial charge in [0.2, 0.25) is 0 Å². The molecule has 0 radical (unpaired) electrons. The highest BCUT2D eigenvalue weighted by Gasteiger charge is 2.22. The zero-order valence-corrected chi connectivity index (χ0v) is 20.4. The van der Waals surface area contributed by atoms with Crippen molar-refractivity contribution in [1.82, 2.24) is 0 Å². The Morgan fingerprint density at radius 3 is 2.51 bits per heavy atom. The van der Waals surface area contributed by atoms with Crippen LogP contribution >= 0.6 is 0 Å². The molecule has 0 saturated heterocycles. The summed E-state index contributed by atoms with van der Waals surface area (Å²) in [6.07, 6.45) is 0. The number of hydrogen-bond donors (Lipinski definition) is 1. The quantitative estimate of drug-likeness (QED) is 0.156. The highest BCUT2D eigenvalue weighted by atomic mass is 16.7. The third-order valence-corrected chi connectivity index (χ3v) is 5.87. The third kappa shape index (κ3) is 5.11. The molecule has 2 aromatic heterocycles. The molecule has 37 heavy (non-hydrogen) atoms. The average Bonchev–Trinajstić information content (AvgIpc) is 3.26. The van der Waals surface area contributed by atoms with Crippen LogP contribution in [0.3, 0.4) is 0 Å². The number of nitrogens with one attached hydrogen (secondary N) is 1. The molecule has 1 amide bonds. The molecular weight excluding hydrogens is 474 g/mol. The van der Waals surface area contributed by atoms with Gasteiger partial charge >= 0.3 is 5.63 Å². The number of para-hydroxylation sites is 1. The van der Waals surface area contributed by atoms with Crippen molar-refractivity contribution in [2.24, 2.45) is 0 Å². The Balaban J connectivity index is 1.59. The highest BCUT2D eigenvalue weighted by Crippen LogP contribution is 2.42. The number of rotatable bonds is 9. The number of anilines is 1. The minimum Gasteiger partial charge on any atom is -0.467 e. The Morgan fingerprint density at radius 2 is 1.70 bits per heavy atom. The average molecular weight is 500 g/mol. The van der Waals surface area contributed by atoms with Crippen LogP contribution in [-0.4, -0.2) is 33.0 Å². The fourth-order valence-electron chi connectivity index (χ4n) is 4.18. The number of benzene rings is 3. The first-order valence-corrected chi connectivity index (χ1v) is 11.7. The summed E-state index contributed by atoms with van der Waals surface area (Å²) in [5.41, 5.74) is 2.62. The second kappa shape index (κ2) is 10.7. The van der Waals surface area contributed by atoms with Crippen molar-refractivity contribution in [2.45, 2.75) is 6.92 Å². The van der Waals surface area contributed by atoms with Gasteiger partial charge < -0.3 is 28.4 Å². The van der Waals surface area contributed by atoms with Gasteiger partial charge in [0, 0.05) is 41.1 Å². The molecule has 0 fully saturated rings. The summed E-state index contributed by atoms with van der Waals surface area (Å²) >= 11 is 0. The van der Waals surface area contributed by atoms with Crippen LogP contribution in [-0.2, 0) is 9.47 Å². The number of amides is 1. The molecule has 0 unspecified atom stereocenters. The summed E-state index contributed by atoms with van der Waals surface area (Å²) in [5.74, 6) is 0.564. The summed E-state index contributed by atoms with van der Waals surface area (Å²) < 4.78 is 27.8. The molecule has 8 heteroatoms. The number of furan rings is 1. The van der Waals surface area contributed by atoms with Gasteiger partial charge in [0.05, 0.1) is 18.9 Å². The maximum Gasteiger partial charge on any atom is 0.336 e. The molecule has 0 aliphatic heterocycles. The lowest BCUT2D eigenvalue weighted by molar-refractivity contribution is -0.00845. The molecule has 0 bridgehead atoms. The minimum atomic E-state index is -0.559. The Hall–Kier alpha value is -4.40. The van der Waals surface area contributed by atoms with Crippen molar-refractivity contribution in [3.8, 4) is 17.1 Å². The normalized spacial score (nSPS) is 11.2. The second-order valence-corrected chi connectivity index (χ2v) is 8.38. The van der Waals surface area contributed by atoms with E-state index in [1.54, 1.807) is 37.4 Å². The van der Waals surface area contributed by atoms with Crippen LogP contribution < -0.4 is 15.7 Å². The van der Waals surface area contributed by atoms with E-state index in [-0.39, 0.29) is 12.7 Å². The molecule has 0 saturated carbocycles. The van der Waals surface area contributed by atoms with E-state index in [1.807, 2.05) is 43.3 Å². The van der Waals surface area contributed by atoms with Gasteiger partial charge in [-0.3, -0.25) is 4.79 Å². The van der Waals surface area contributed by atoms with Crippen LogP contribution in [0, 0.1) is 6.92 Å². The van der Waals surface area contributed by atoms with Crippen molar-refractivity contribution in [2.75, 3.05) is 32.4 Å². The second-order valence-electron chi connectivity index (χ2n) is 8.38. The van der Waals surface area contributed by atoms with E-state index in [0.717, 1.165) is 5.56 Å². The molecule has 188 valence electrons. The predicted octanol–water partition coefficient (Wildman–Crippen LogP) is 5.77. The summed E-state index contributed by atoms with van der Waals surface area (Å²) in [7, 11) is 1.59. The fraction of sp³-hybridized carbons (Fsp3) is 0.172. The van der Waals surface area contributed by atoms with Gasteiger partial charge in [0.15, 0.2) is 12.6 Å². The smallest absolute Gasteiger partial charge is 0.336 e. The Bertz CT molecular complexity index is 1620. The Morgan fingerprint density at radius 1 is 0.919 bits per heavy atom. The minimum absolute atomic E-state index is 0.0253. The standard InChI is InChI=1S/C29H25NO7/c1-18-14-20(35-17-34-13-12-33-2)15-24-26(18)22(16-25(31)36-24)28-27(21-10-6-7-11-23(21)37-28)30-29(32)19-8-4-3-5-9-19/h3-11,14-16H,12-13,17H2,1-2H3,(H,30,32). The van der Waals surface area contributed by atoms with Crippen LogP contribution in [0.2, 0.25) is 0 Å². The Kier molecular flexibility index (Phi) is 7.02. The van der Waals surface area contributed by atoms with Crippen molar-refractivity contribution in [3.05, 3.63) is 94.3 Å². The fourth-order valence-corrected chi connectivity index (χ4v) is 4.18. The lowest BCUT2D eigenvalue weighted by atomic mass is 10.0. The van der Waals surface area contributed by atoms with E-state index in [1.165, 1.54) is 6.07 Å². The number of aryl methyl sites for hydroxylation is 1. The molecular formula is C29H25NO7. The highest BCUT2D eigenvalue weighted by molar-refractivity contribution is 6.13. The molecule has 5 aromatic rings. The topological polar surface area (TPSA) is 100 Å². The summed E-state index contributed by atoms with van der Waals surface area (Å²) in [6, 6.07) is 21.1. The summed E-state index contributed by atoms with van der Waals surface area (Å²) in [4.78, 5) is 25.7. The van der Waals surface area contributed by atoms with E-state index in [2.05, 4.69) is 5.32 Å². The number of ether oxygens (including phenoxy) is 3. The van der Waals surface area contributed by atoms with Crippen molar-refractivity contribution in [1.29, 1.82) is 0 Å². The first kappa shape index (κ1) is 24.3. The van der Waals surface area contributed by atoms with Crippen LogP contribution in [0.4, 0.5) is 5.69 Å². The van der Waals surface area contributed by atoms with Gasteiger partial charge in [-0.2, -0.15) is 0 Å². The number of hydrogen-bond acceptors (Lipinski definition) is 7. The molecule has 0 spiro atoms. The van der Waals surface area contributed by atoms with Gasteiger partial charge in [-0.1, -0.05) is 30.3 Å². The zero-order valence-electron chi connectivity index (χ0n) is 20.4. The number of fused-ring (bicyclic) bond motifs is 2. The molecule has 0 aliphatic carbocycles. The van der Waals surface area contributed by atoms with E-state index in [9.17, 15) is 9.59 Å². The van der Waals surface area contributed by atoms with E-state index in [0.29, 0.717) is 63.5 Å². The molecule has 0 atom stereocenters. The van der Waals surface area contributed by atoms with Gasteiger partial charge in [-0.05, 0) is 42.8 Å². The monoisotopic (exact) mass is 499 g/mol.